The van der Waals surface area contributed by atoms with Crippen LogP contribution in [0.4, 0.5) is 0 Å². The first kappa shape index (κ1) is 43.3. The van der Waals surface area contributed by atoms with Gasteiger partial charge in [-0.3, -0.25) is 19.5 Å². The molecule has 0 saturated carbocycles. The first-order valence-corrected chi connectivity index (χ1v) is 20.4. The van der Waals surface area contributed by atoms with Crippen LogP contribution in [-0.4, -0.2) is 41.6 Å². The summed E-state index contributed by atoms with van der Waals surface area (Å²) in [4.78, 5) is 33.1. The third kappa shape index (κ3) is 21.8. The Bertz CT molecular complexity index is 862. The highest BCUT2D eigenvalue weighted by molar-refractivity contribution is 6.42. The Morgan fingerprint density at radius 3 is 1.49 bits per heavy atom. The lowest BCUT2D eigenvalue weighted by Crippen LogP contribution is -2.46. The molecule has 2 N–H and O–H groups in total. The van der Waals surface area contributed by atoms with Crippen LogP contribution in [0, 0.1) is 11.8 Å². The fourth-order valence-electron chi connectivity index (χ4n) is 6.66. The summed E-state index contributed by atoms with van der Waals surface area (Å²) >= 11 is 0. The number of hydrogen-bond acceptors (Lipinski definition) is 4. The molecule has 5 nitrogen and oxygen atoms in total. The molecule has 0 aromatic heterocycles. The van der Waals surface area contributed by atoms with Crippen molar-refractivity contribution in [2.24, 2.45) is 22.6 Å². The molecule has 3 unspecified atom stereocenters. The number of amidine groups is 1. The number of unbranched alkanes of at least 4 members (excludes halogenated alkanes) is 20. The van der Waals surface area contributed by atoms with E-state index in [0.717, 1.165) is 51.4 Å². The second kappa shape index (κ2) is 30.3. The summed E-state index contributed by atoms with van der Waals surface area (Å²) in [5.74, 6) is 0.0410. The largest absolute Gasteiger partial charge is 0.327 e. The van der Waals surface area contributed by atoms with Crippen LogP contribution in [0.15, 0.2) is 29.3 Å². The molecule has 47 heavy (non-hydrogen) atoms. The summed E-state index contributed by atoms with van der Waals surface area (Å²) in [5.41, 5.74) is 6.31. The van der Waals surface area contributed by atoms with E-state index in [1.54, 1.807) is 4.90 Å². The molecule has 5 heteroatoms. The molecule has 1 amide bonds. The first-order valence-electron chi connectivity index (χ1n) is 20.4. The summed E-state index contributed by atoms with van der Waals surface area (Å²) in [6.07, 6.45) is 41.3. The van der Waals surface area contributed by atoms with Crippen molar-refractivity contribution in [2.75, 3.05) is 13.1 Å². The molecule has 1 aliphatic rings. The Labute approximate surface area is 292 Å². The molecule has 0 spiro atoms. The van der Waals surface area contributed by atoms with Crippen LogP contribution < -0.4 is 5.73 Å². The van der Waals surface area contributed by atoms with Gasteiger partial charge in [-0.1, -0.05) is 148 Å². The monoisotopic (exact) mass is 656 g/mol. The van der Waals surface area contributed by atoms with E-state index in [1.165, 1.54) is 116 Å². The summed E-state index contributed by atoms with van der Waals surface area (Å²) in [7, 11) is 0. The molecular formula is C42H77N3O2. The predicted molar refractivity (Wildman–Crippen MR) is 205 cm³/mol. The number of carbonyl (C=O) groups excluding carboxylic acids is 2. The van der Waals surface area contributed by atoms with E-state index in [-0.39, 0.29) is 29.6 Å². The van der Waals surface area contributed by atoms with E-state index >= 15 is 0 Å². The van der Waals surface area contributed by atoms with Gasteiger partial charge in [-0.15, -0.1) is 0 Å². The van der Waals surface area contributed by atoms with Gasteiger partial charge in [-0.05, 0) is 71.1 Å². The predicted octanol–water partition coefficient (Wildman–Crippen LogP) is 11.7. The van der Waals surface area contributed by atoms with E-state index in [4.69, 9.17) is 5.73 Å². The maximum atomic E-state index is 13.6. The zero-order chi connectivity index (χ0) is 34.4. The van der Waals surface area contributed by atoms with Gasteiger partial charge in [0, 0.05) is 24.4 Å². The first-order chi connectivity index (χ1) is 22.9. The van der Waals surface area contributed by atoms with E-state index < -0.39 is 0 Å². The zero-order valence-electron chi connectivity index (χ0n) is 31.6. The number of carbonyl (C=O) groups is 2. The second-order valence-corrected chi connectivity index (χ2v) is 14.5. The molecule has 0 saturated heterocycles. The van der Waals surface area contributed by atoms with Crippen molar-refractivity contribution in [1.82, 2.24) is 4.90 Å². The number of nitrogens with two attached hydrogens (primary N) is 1. The van der Waals surface area contributed by atoms with E-state index in [2.05, 4.69) is 43.1 Å². The lowest BCUT2D eigenvalue weighted by Gasteiger charge is -2.25. The normalized spacial score (nSPS) is 15.5. The van der Waals surface area contributed by atoms with Gasteiger partial charge in [-0.25, -0.2) is 0 Å². The van der Waals surface area contributed by atoms with Crippen LogP contribution in [0.3, 0.4) is 0 Å². The van der Waals surface area contributed by atoms with Crippen molar-refractivity contribution >= 4 is 17.5 Å². The highest BCUT2D eigenvalue weighted by atomic mass is 16.2. The van der Waals surface area contributed by atoms with Crippen LogP contribution in [0.5, 0.6) is 0 Å². The topological polar surface area (TPSA) is 75.8 Å². The highest BCUT2D eigenvalue weighted by Gasteiger charge is 2.35. The van der Waals surface area contributed by atoms with Gasteiger partial charge in [0.25, 0.3) is 0 Å². The Hall–Kier alpha value is -1.75. The Morgan fingerprint density at radius 1 is 0.638 bits per heavy atom. The van der Waals surface area contributed by atoms with Crippen LogP contribution >= 0.6 is 0 Å². The fraction of sp³-hybridized carbons (Fsp3) is 0.833. The second-order valence-electron chi connectivity index (χ2n) is 14.5. The molecule has 0 aromatic carbocycles. The van der Waals surface area contributed by atoms with Gasteiger partial charge in [0.2, 0.25) is 11.7 Å². The van der Waals surface area contributed by atoms with E-state index in [1.807, 2.05) is 13.8 Å². The molecule has 0 fully saturated rings. The molecule has 3 atom stereocenters. The minimum Gasteiger partial charge on any atom is -0.327 e. The minimum atomic E-state index is -0.269. The smallest absolute Gasteiger partial charge is 0.231 e. The van der Waals surface area contributed by atoms with Gasteiger partial charge < -0.3 is 5.73 Å². The van der Waals surface area contributed by atoms with Gasteiger partial charge >= 0.3 is 0 Å². The number of rotatable bonds is 32. The quantitative estimate of drug-likeness (QED) is 0.0579. The summed E-state index contributed by atoms with van der Waals surface area (Å²) in [5, 5.41) is 0. The zero-order valence-corrected chi connectivity index (χ0v) is 31.6. The molecular weight excluding hydrogens is 578 g/mol. The van der Waals surface area contributed by atoms with Crippen LogP contribution in [0.2, 0.25) is 0 Å². The number of amides is 1. The Kier molecular flexibility index (Phi) is 27.9. The standard InChI is InChI=1S/C42H77N3O2/c1-5-7-9-11-13-15-17-19-21-23-25-27-29-31-33-37(3)42(47)45-36-35-44-41(45)40(46)39(38(4)43)34-32-30-28-26-24-22-20-18-16-14-12-10-8-6-2/h19-22,37-39H,5-18,23-36,43H2,1-4H3/b21-19-,22-20-. The van der Waals surface area contributed by atoms with Crippen molar-refractivity contribution in [3.8, 4) is 0 Å². The third-order valence-corrected chi connectivity index (χ3v) is 9.90. The van der Waals surface area contributed by atoms with Crippen LogP contribution in [-0.2, 0) is 9.59 Å². The van der Waals surface area contributed by atoms with E-state index in [0.29, 0.717) is 18.9 Å². The Morgan fingerprint density at radius 2 is 1.04 bits per heavy atom. The average molecular weight is 656 g/mol. The summed E-state index contributed by atoms with van der Waals surface area (Å²) < 4.78 is 0. The minimum absolute atomic E-state index is 0.0276. The lowest BCUT2D eigenvalue weighted by atomic mass is 9.89. The van der Waals surface area contributed by atoms with E-state index in [9.17, 15) is 9.59 Å². The molecule has 0 bridgehead atoms. The maximum absolute atomic E-state index is 13.6. The molecule has 0 aliphatic carbocycles. The third-order valence-electron chi connectivity index (χ3n) is 9.90. The number of hydrogen-bond donors (Lipinski definition) is 1. The molecule has 1 aliphatic heterocycles. The van der Waals surface area contributed by atoms with Crippen molar-refractivity contribution in [1.29, 1.82) is 0 Å². The summed E-state index contributed by atoms with van der Waals surface area (Å²) in [6.45, 7) is 9.51. The van der Waals surface area contributed by atoms with Crippen molar-refractivity contribution in [3.05, 3.63) is 24.3 Å². The SMILES string of the molecule is CCCCCCCC/C=C\CCCCCCC(C)C(=O)N1CCN=C1C(=O)C(CCCCCC/C=C\CCCCCCCC)C(C)N. The fourth-order valence-corrected chi connectivity index (χ4v) is 6.66. The number of Topliss-reactive ketones (excluding diaryl/α,β-unsaturated/α-hetero) is 1. The lowest BCUT2D eigenvalue weighted by molar-refractivity contribution is -0.132. The van der Waals surface area contributed by atoms with Crippen LogP contribution in [0.1, 0.15) is 195 Å². The molecule has 272 valence electrons. The molecule has 0 aromatic rings. The van der Waals surface area contributed by atoms with Gasteiger partial charge in [0.05, 0.1) is 6.54 Å². The van der Waals surface area contributed by atoms with Crippen molar-refractivity contribution < 1.29 is 9.59 Å². The molecule has 1 rings (SSSR count). The number of allylic oxidation sites excluding steroid dienone is 4. The maximum Gasteiger partial charge on any atom is 0.231 e. The summed E-state index contributed by atoms with van der Waals surface area (Å²) in [6, 6.07) is -0.240. The molecule has 0 radical (unpaired) electrons. The average Bonchev–Trinajstić information content (AvgIpc) is 3.56. The van der Waals surface area contributed by atoms with Gasteiger partial charge in [0.1, 0.15) is 0 Å². The van der Waals surface area contributed by atoms with Crippen molar-refractivity contribution in [3.63, 3.8) is 0 Å². The van der Waals surface area contributed by atoms with Gasteiger partial charge in [-0.2, -0.15) is 0 Å². The van der Waals surface area contributed by atoms with Crippen LogP contribution in [0.25, 0.3) is 0 Å². The Balaban J connectivity index is 2.25. The number of aliphatic imine (C=N–C) groups is 1. The molecule has 1 heterocycles. The van der Waals surface area contributed by atoms with Gasteiger partial charge in [0.15, 0.2) is 5.84 Å². The van der Waals surface area contributed by atoms with Crippen molar-refractivity contribution in [2.45, 2.75) is 201 Å². The number of nitrogens with zero attached hydrogens (tertiary/aromatic N) is 2. The number of ketones is 1. The highest BCUT2D eigenvalue weighted by Crippen LogP contribution is 2.22.